The second-order valence-corrected chi connectivity index (χ2v) is 8.57. The van der Waals surface area contributed by atoms with Gasteiger partial charge in [-0.2, -0.15) is 0 Å². The van der Waals surface area contributed by atoms with E-state index in [9.17, 15) is 9.59 Å². The average Bonchev–Trinajstić information content (AvgIpc) is 3.40. The van der Waals surface area contributed by atoms with Gasteiger partial charge in [0.2, 0.25) is 5.91 Å². The van der Waals surface area contributed by atoms with Crippen molar-refractivity contribution >= 4 is 45.7 Å². The number of thiophene rings is 1. The number of benzene rings is 1. The number of H-pyrrole nitrogens is 2. The molecule has 0 aliphatic carbocycles. The van der Waals surface area contributed by atoms with Gasteiger partial charge in [-0.1, -0.05) is 17.8 Å². The molecule has 0 bridgehead atoms. The molecule has 0 fully saturated rings. The van der Waals surface area contributed by atoms with Crippen LogP contribution in [0.4, 0.5) is 5.69 Å². The van der Waals surface area contributed by atoms with Gasteiger partial charge in [-0.05, 0) is 43.0 Å². The van der Waals surface area contributed by atoms with Gasteiger partial charge in [0.15, 0.2) is 5.16 Å². The highest BCUT2D eigenvalue weighted by Crippen LogP contribution is 2.23. The van der Waals surface area contributed by atoms with Gasteiger partial charge in [0, 0.05) is 17.1 Å². The number of hydrogen-bond donors (Lipinski definition) is 3. The number of imidazole rings is 1. The number of anilines is 1. The molecule has 0 aliphatic rings. The molecule has 3 N–H and O–H groups in total. The fourth-order valence-corrected chi connectivity index (χ4v) is 4.29. The van der Waals surface area contributed by atoms with E-state index in [2.05, 4.69) is 36.9 Å². The van der Waals surface area contributed by atoms with Crippen LogP contribution in [0.2, 0.25) is 0 Å². The minimum Gasteiger partial charge on any atom is -0.325 e. The summed E-state index contributed by atoms with van der Waals surface area (Å²) in [6.07, 6.45) is 2.59. The Morgan fingerprint density at radius 2 is 2.18 bits per heavy atom. The molecule has 0 saturated carbocycles. The van der Waals surface area contributed by atoms with Crippen molar-refractivity contribution < 1.29 is 4.79 Å². The minimum absolute atomic E-state index is 0.143. The van der Waals surface area contributed by atoms with Crippen molar-refractivity contribution in [2.45, 2.75) is 30.3 Å². The summed E-state index contributed by atoms with van der Waals surface area (Å²) in [7, 11) is 0. The Hall–Kier alpha value is -2.85. The van der Waals surface area contributed by atoms with Gasteiger partial charge < -0.3 is 19.9 Å². The molecule has 1 aromatic carbocycles. The van der Waals surface area contributed by atoms with Crippen LogP contribution in [0.5, 0.6) is 0 Å². The maximum absolute atomic E-state index is 12.6. The number of carbonyl (C=O) groups excluding carboxylic acids is 1. The number of fused-ring (bicyclic) bond motifs is 1. The van der Waals surface area contributed by atoms with E-state index in [4.69, 9.17) is 0 Å². The highest BCUT2D eigenvalue weighted by molar-refractivity contribution is 8.00. The number of aromatic amines is 2. The number of carbonyl (C=O) groups is 1. The smallest absolute Gasteiger partial charge is 0.323 e. The molecule has 4 rings (SSSR count). The lowest BCUT2D eigenvalue weighted by molar-refractivity contribution is -0.115. The summed E-state index contributed by atoms with van der Waals surface area (Å²) in [5.41, 5.74) is 1.70. The van der Waals surface area contributed by atoms with Crippen LogP contribution in [0.25, 0.3) is 11.0 Å². The lowest BCUT2D eigenvalue weighted by Crippen LogP contribution is -2.23. The van der Waals surface area contributed by atoms with Crippen molar-refractivity contribution in [1.82, 2.24) is 24.7 Å². The molecular weight excluding hydrogens is 396 g/mol. The lowest BCUT2D eigenvalue weighted by atomic mass is 10.2. The van der Waals surface area contributed by atoms with Gasteiger partial charge >= 0.3 is 5.69 Å². The van der Waals surface area contributed by atoms with Gasteiger partial charge in [-0.15, -0.1) is 21.5 Å². The minimum atomic E-state index is -0.356. The fraction of sp³-hybridized carbons (Fsp3) is 0.222. The zero-order valence-corrected chi connectivity index (χ0v) is 16.6. The molecule has 0 aliphatic heterocycles. The van der Waals surface area contributed by atoms with Crippen molar-refractivity contribution in [3.05, 3.63) is 57.4 Å². The van der Waals surface area contributed by atoms with Crippen LogP contribution in [0.15, 0.2) is 52.0 Å². The normalized spacial score (nSPS) is 12.3. The summed E-state index contributed by atoms with van der Waals surface area (Å²) in [6, 6.07) is 9.37. The molecule has 28 heavy (non-hydrogen) atoms. The van der Waals surface area contributed by atoms with Gasteiger partial charge in [0.05, 0.1) is 16.3 Å². The molecule has 10 heteroatoms. The molecule has 1 unspecified atom stereocenters. The Bertz CT molecular complexity index is 1140. The number of aromatic nitrogens is 5. The molecule has 4 aromatic rings. The number of thioether (sulfide) groups is 1. The number of amides is 1. The highest BCUT2D eigenvalue weighted by atomic mass is 32.2. The van der Waals surface area contributed by atoms with Gasteiger partial charge in [0.25, 0.3) is 0 Å². The average molecular weight is 415 g/mol. The molecule has 8 nitrogen and oxygen atoms in total. The summed E-state index contributed by atoms with van der Waals surface area (Å²) >= 11 is 3.09. The third kappa shape index (κ3) is 4.18. The third-order valence-electron chi connectivity index (χ3n) is 4.19. The molecule has 3 aromatic heterocycles. The summed E-state index contributed by atoms with van der Waals surface area (Å²) in [4.78, 5) is 30.6. The van der Waals surface area contributed by atoms with E-state index in [1.165, 1.54) is 16.6 Å². The summed E-state index contributed by atoms with van der Waals surface area (Å²) in [5, 5.41) is 13.4. The van der Waals surface area contributed by atoms with E-state index < -0.39 is 0 Å². The fourth-order valence-electron chi connectivity index (χ4n) is 2.74. The maximum atomic E-state index is 12.6. The van der Waals surface area contributed by atoms with Crippen molar-refractivity contribution in [1.29, 1.82) is 0 Å². The number of aryl methyl sites for hydroxylation is 2. The number of nitrogens with one attached hydrogen (secondary N) is 3. The van der Waals surface area contributed by atoms with Crippen molar-refractivity contribution in [2.24, 2.45) is 0 Å². The van der Waals surface area contributed by atoms with Crippen LogP contribution >= 0.6 is 23.1 Å². The summed E-state index contributed by atoms with van der Waals surface area (Å²) < 4.78 is 1.96. The van der Waals surface area contributed by atoms with Gasteiger partial charge in [0.1, 0.15) is 6.33 Å². The van der Waals surface area contributed by atoms with E-state index >= 15 is 0 Å². The van der Waals surface area contributed by atoms with E-state index in [1.54, 1.807) is 35.9 Å². The van der Waals surface area contributed by atoms with Crippen molar-refractivity contribution in [3.8, 4) is 0 Å². The van der Waals surface area contributed by atoms with Crippen LogP contribution in [0.1, 0.15) is 11.8 Å². The zero-order valence-electron chi connectivity index (χ0n) is 15.0. The molecule has 0 radical (unpaired) electrons. The Labute approximate surface area is 168 Å². The predicted molar refractivity (Wildman–Crippen MR) is 111 cm³/mol. The Balaban J connectivity index is 1.38. The SMILES string of the molecule is CC(Sc1nncn1CCc1cccs1)C(=O)Nc1ccc2[nH]c(=O)[nH]c2c1. The van der Waals surface area contributed by atoms with E-state index in [1.807, 2.05) is 17.6 Å². The first-order chi connectivity index (χ1) is 13.6. The monoisotopic (exact) mass is 414 g/mol. The van der Waals surface area contributed by atoms with Crippen LogP contribution < -0.4 is 11.0 Å². The van der Waals surface area contributed by atoms with Crippen molar-refractivity contribution in [2.75, 3.05) is 5.32 Å². The zero-order chi connectivity index (χ0) is 19.5. The quantitative estimate of drug-likeness (QED) is 0.403. The Kier molecular flexibility index (Phi) is 5.31. The first-order valence-corrected chi connectivity index (χ1v) is 10.4. The largest absolute Gasteiger partial charge is 0.325 e. The standard InChI is InChI=1S/C18H18N6O2S2/c1-11(16(25)20-12-4-5-14-15(9-12)22-17(26)21-14)28-18-23-19-10-24(18)7-6-13-3-2-8-27-13/h2-5,8-11H,6-7H2,1H3,(H,20,25)(H2,21,22,26). The second kappa shape index (κ2) is 8.03. The molecule has 144 valence electrons. The maximum Gasteiger partial charge on any atom is 0.323 e. The summed E-state index contributed by atoms with van der Waals surface area (Å²) in [5.74, 6) is -0.143. The lowest BCUT2D eigenvalue weighted by Gasteiger charge is -2.12. The molecule has 0 spiro atoms. The number of hydrogen-bond acceptors (Lipinski definition) is 6. The Morgan fingerprint density at radius 3 is 3.00 bits per heavy atom. The number of nitrogens with zero attached hydrogens (tertiary/aromatic N) is 3. The summed E-state index contributed by atoms with van der Waals surface area (Å²) in [6.45, 7) is 2.59. The first-order valence-electron chi connectivity index (χ1n) is 8.68. The topological polar surface area (TPSA) is 108 Å². The van der Waals surface area contributed by atoms with Crippen LogP contribution in [0.3, 0.4) is 0 Å². The second-order valence-electron chi connectivity index (χ2n) is 6.23. The van der Waals surface area contributed by atoms with E-state index in [0.717, 1.165) is 13.0 Å². The van der Waals surface area contributed by atoms with Crippen LogP contribution in [-0.2, 0) is 17.8 Å². The van der Waals surface area contributed by atoms with Crippen molar-refractivity contribution in [3.63, 3.8) is 0 Å². The first kappa shape index (κ1) is 18.5. The van der Waals surface area contributed by atoms with E-state index in [-0.39, 0.29) is 16.8 Å². The van der Waals surface area contributed by atoms with Gasteiger partial charge in [-0.3, -0.25) is 4.79 Å². The Morgan fingerprint density at radius 1 is 1.32 bits per heavy atom. The van der Waals surface area contributed by atoms with Crippen LogP contribution in [0, 0.1) is 0 Å². The van der Waals surface area contributed by atoms with E-state index in [0.29, 0.717) is 21.9 Å². The predicted octanol–water partition coefficient (Wildman–Crippen LogP) is 2.87. The molecule has 1 amide bonds. The molecule has 1 atom stereocenters. The molecular formula is C18H18N6O2S2. The molecule has 3 heterocycles. The molecule has 0 saturated heterocycles. The van der Waals surface area contributed by atoms with Crippen LogP contribution in [-0.4, -0.2) is 35.9 Å². The number of rotatable bonds is 7. The van der Waals surface area contributed by atoms with Gasteiger partial charge in [-0.25, -0.2) is 4.79 Å². The highest BCUT2D eigenvalue weighted by Gasteiger charge is 2.18. The third-order valence-corrected chi connectivity index (χ3v) is 6.22.